The third kappa shape index (κ3) is 5.01. The second kappa shape index (κ2) is 7.50. The van der Waals surface area contributed by atoms with Crippen molar-refractivity contribution < 1.29 is 18.7 Å². The van der Waals surface area contributed by atoms with Gasteiger partial charge < -0.3 is 20.5 Å². The fourth-order valence-corrected chi connectivity index (χ4v) is 1.29. The van der Waals surface area contributed by atoms with E-state index in [9.17, 15) is 9.18 Å². The Bertz CT molecular complexity index is 399. The van der Waals surface area contributed by atoms with Crippen molar-refractivity contribution in [3.63, 3.8) is 0 Å². The van der Waals surface area contributed by atoms with Gasteiger partial charge in [-0.05, 0) is 18.6 Å². The van der Waals surface area contributed by atoms with Gasteiger partial charge in [-0.3, -0.25) is 4.79 Å². The van der Waals surface area contributed by atoms with Gasteiger partial charge in [0.2, 0.25) is 0 Å². The average molecular weight is 256 g/mol. The summed E-state index contributed by atoms with van der Waals surface area (Å²) in [6.07, 6.45) is 0.737. The van der Waals surface area contributed by atoms with Crippen LogP contribution in [0.4, 0.5) is 10.1 Å². The van der Waals surface area contributed by atoms with E-state index in [4.69, 9.17) is 15.2 Å². The Kier molecular flexibility index (Phi) is 5.93. The number of carbonyl (C=O) groups excluding carboxylic acids is 1. The molecule has 0 fully saturated rings. The quantitative estimate of drug-likeness (QED) is 0.562. The standard InChI is InChI=1S/C12H17FN2O3/c1-17-6-2-5-15-12(16)8-18-11-4-3-9(13)7-10(11)14/h3-4,7H,2,5-6,8,14H2,1H3,(H,15,16). The van der Waals surface area contributed by atoms with Crippen molar-refractivity contribution in [2.45, 2.75) is 6.42 Å². The highest BCUT2D eigenvalue weighted by atomic mass is 19.1. The molecule has 0 spiro atoms. The summed E-state index contributed by atoms with van der Waals surface area (Å²) in [7, 11) is 1.60. The number of rotatable bonds is 7. The van der Waals surface area contributed by atoms with Crippen molar-refractivity contribution in [1.29, 1.82) is 0 Å². The molecule has 1 rings (SSSR count). The maximum atomic E-state index is 12.8. The van der Waals surface area contributed by atoms with Gasteiger partial charge in [0.25, 0.3) is 5.91 Å². The zero-order valence-electron chi connectivity index (χ0n) is 10.2. The Hall–Kier alpha value is -1.82. The molecule has 0 heterocycles. The molecule has 0 aliphatic carbocycles. The Morgan fingerprint density at radius 1 is 1.50 bits per heavy atom. The molecule has 0 aliphatic heterocycles. The van der Waals surface area contributed by atoms with Gasteiger partial charge in [-0.1, -0.05) is 0 Å². The molecular weight excluding hydrogens is 239 g/mol. The minimum Gasteiger partial charge on any atom is -0.482 e. The summed E-state index contributed by atoms with van der Waals surface area (Å²) >= 11 is 0. The van der Waals surface area contributed by atoms with Crippen molar-refractivity contribution >= 4 is 11.6 Å². The van der Waals surface area contributed by atoms with Crippen LogP contribution < -0.4 is 15.8 Å². The van der Waals surface area contributed by atoms with Crippen LogP contribution in [0, 0.1) is 5.82 Å². The number of anilines is 1. The smallest absolute Gasteiger partial charge is 0.257 e. The van der Waals surface area contributed by atoms with Gasteiger partial charge in [-0.15, -0.1) is 0 Å². The summed E-state index contributed by atoms with van der Waals surface area (Å²) in [5.74, 6) is -0.401. The number of ether oxygens (including phenoxy) is 2. The number of methoxy groups -OCH3 is 1. The summed E-state index contributed by atoms with van der Waals surface area (Å²) in [5.41, 5.74) is 5.70. The van der Waals surface area contributed by atoms with Crippen LogP contribution in [0.5, 0.6) is 5.75 Å². The predicted octanol–water partition coefficient (Wildman–Crippen LogP) is 0.939. The fourth-order valence-electron chi connectivity index (χ4n) is 1.29. The Balaban J connectivity index is 2.29. The van der Waals surface area contributed by atoms with Crippen LogP contribution in [0.1, 0.15) is 6.42 Å². The van der Waals surface area contributed by atoms with E-state index < -0.39 is 5.82 Å². The summed E-state index contributed by atoms with van der Waals surface area (Å²) in [5, 5.41) is 2.66. The highest BCUT2D eigenvalue weighted by Crippen LogP contribution is 2.21. The van der Waals surface area contributed by atoms with E-state index in [0.29, 0.717) is 18.9 Å². The number of benzene rings is 1. The van der Waals surface area contributed by atoms with Gasteiger partial charge in [0.05, 0.1) is 5.69 Å². The van der Waals surface area contributed by atoms with Crippen LogP contribution in [0.15, 0.2) is 18.2 Å². The number of amides is 1. The van der Waals surface area contributed by atoms with Crippen LogP contribution in [-0.2, 0) is 9.53 Å². The van der Waals surface area contributed by atoms with Gasteiger partial charge in [0, 0.05) is 26.3 Å². The molecule has 1 aromatic carbocycles. The first-order valence-electron chi connectivity index (χ1n) is 5.57. The van der Waals surface area contributed by atoms with Gasteiger partial charge >= 0.3 is 0 Å². The second-order valence-electron chi connectivity index (χ2n) is 3.67. The largest absolute Gasteiger partial charge is 0.482 e. The Morgan fingerprint density at radius 3 is 2.94 bits per heavy atom. The number of hydrogen-bond acceptors (Lipinski definition) is 4. The predicted molar refractivity (Wildman–Crippen MR) is 65.8 cm³/mol. The van der Waals surface area contributed by atoms with E-state index in [1.165, 1.54) is 12.1 Å². The van der Waals surface area contributed by atoms with Crippen molar-refractivity contribution in [2.24, 2.45) is 0 Å². The number of halogens is 1. The number of nitrogen functional groups attached to an aromatic ring is 1. The van der Waals surface area contributed by atoms with E-state index in [-0.39, 0.29) is 18.2 Å². The van der Waals surface area contributed by atoms with Crippen molar-refractivity contribution in [2.75, 3.05) is 32.6 Å². The highest BCUT2D eigenvalue weighted by molar-refractivity contribution is 5.77. The molecule has 0 bridgehead atoms. The molecule has 0 unspecified atom stereocenters. The van der Waals surface area contributed by atoms with E-state index in [0.717, 1.165) is 12.5 Å². The molecule has 5 nitrogen and oxygen atoms in total. The molecule has 1 aromatic rings. The first-order valence-corrected chi connectivity index (χ1v) is 5.57. The van der Waals surface area contributed by atoms with E-state index in [1.807, 2.05) is 0 Å². The molecule has 18 heavy (non-hydrogen) atoms. The fraction of sp³-hybridized carbons (Fsp3) is 0.417. The van der Waals surface area contributed by atoms with Gasteiger partial charge in [-0.2, -0.15) is 0 Å². The molecule has 0 radical (unpaired) electrons. The third-order valence-corrected chi connectivity index (χ3v) is 2.18. The first-order chi connectivity index (χ1) is 8.63. The minimum absolute atomic E-state index is 0.150. The van der Waals surface area contributed by atoms with Gasteiger partial charge in [0.1, 0.15) is 11.6 Å². The molecule has 0 aliphatic rings. The molecule has 0 aromatic heterocycles. The third-order valence-electron chi connectivity index (χ3n) is 2.18. The number of nitrogens with two attached hydrogens (primary N) is 1. The van der Waals surface area contributed by atoms with Gasteiger partial charge in [-0.25, -0.2) is 4.39 Å². The monoisotopic (exact) mass is 256 g/mol. The zero-order chi connectivity index (χ0) is 13.4. The van der Waals surface area contributed by atoms with Crippen LogP contribution in [0.3, 0.4) is 0 Å². The van der Waals surface area contributed by atoms with Crippen molar-refractivity contribution in [3.8, 4) is 5.75 Å². The molecular formula is C12H17FN2O3. The van der Waals surface area contributed by atoms with E-state index >= 15 is 0 Å². The summed E-state index contributed by atoms with van der Waals surface area (Å²) in [6.45, 7) is 0.962. The Morgan fingerprint density at radius 2 is 2.28 bits per heavy atom. The maximum Gasteiger partial charge on any atom is 0.257 e. The van der Waals surface area contributed by atoms with Crippen molar-refractivity contribution in [1.82, 2.24) is 5.32 Å². The lowest BCUT2D eigenvalue weighted by molar-refractivity contribution is -0.123. The zero-order valence-corrected chi connectivity index (χ0v) is 10.2. The van der Waals surface area contributed by atoms with Crippen LogP contribution in [-0.4, -0.2) is 32.8 Å². The number of carbonyl (C=O) groups is 1. The SMILES string of the molecule is COCCCNC(=O)COc1ccc(F)cc1N. The van der Waals surface area contributed by atoms with Crippen molar-refractivity contribution in [3.05, 3.63) is 24.0 Å². The minimum atomic E-state index is -0.441. The Labute approximate surface area is 105 Å². The molecule has 0 saturated heterocycles. The van der Waals surface area contributed by atoms with Crippen LogP contribution >= 0.6 is 0 Å². The topological polar surface area (TPSA) is 73.6 Å². The normalized spacial score (nSPS) is 10.1. The van der Waals surface area contributed by atoms with E-state index in [1.54, 1.807) is 7.11 Å². The first kappa shape index (κ1) is 14.2. The second-order valence-corrected chi connectivity index (χ2v) is 3.67. The molecule has 3 N–H and O–H groups in total. The van der Waals surface area contributed by atoms with Gasteiger partial charge in [0.15, 0.2) is 6.61 Å². The molecule has 0 saturated carbocycles. The summed E-state index contributed by atoms with van der Waals surface area (Å²) in [6, 6.07) is 3.76. The van der Waals surface area contributed by atoms with Crippen LogP contribution in [0.25, 0.3) is 0 Å². The average Bonchev–Trinajstić information content (AvgIpc) is 2.33. The molecule has 0 atom stereocenters. The lowest BCUT2D eigenvalue weighted by Gasteiger charge is -2.09. The number of hydrogen-bond donors (Lipinski definition) is 2. The lowest BCUT2D eigenvalue weighted by Crippen LogP contribution is -2.30. The molecule has 100 valence electrons. The highest BCUT2D eigenvalue weighted by Gasteiger charge is 2.05. The summed E-state index contributed by atoms with van der Waals surface area (Å²) in [4.78, 5) is 11.4. The number of nitrogens with one attached hydrogen (secondary N) is 1. The molecule has 1 amide bonds. The van der Waals surface area contributed by atoms with E-state index in [2.05, 4.69) is 5.32 Å². The lowest BCUT2D eigenvalue weighted by atomic mass is 10.3. The summed E-state index contributed by atoms with van der Waals surface area (Å²) < 4.78 is 22.8. The maximum absolute atomic E-state index is 12.8. The van der Waals surface area contributed by atoms with Crippen LogP contribution in [0.2, 0.25) is 0 Å². The molecule has 6 heteroatoms.